The van der Waals surface area contributed by atoms with E-state index in [1.807, 2.05) is 12.1 Å². The minimum atomic E-state index is -0.151. The number of phenols is 1. The van der Waals surface area contributed by atoms with Gasteiger partial charge in [0.15, 0.2) is 0 Å². The predicted octanol–water partition coefficient (Wildman–Crippen LogP) is 5.57. The van der Waals surface area contributed by atoms with Gasteiger partial charge in [-0.05, 0) is 0 Å². The van der Waals surface area contributed by atoms with E-state index >= 15 is 0 Å². The summed E-state index contributed by atoms with van der Waals surface area (Å²) in [6.07, 6.45) is 4.66. The Labute approximate surface area is 215 Å². The third-order valence-electron chi connectivity index (χ3n) is 7.77. The topological polar surface area (TPSA) is 60.4 Å². The number of nitrogens with zero attached hydrogens (tertiary/aromatic N) is 1. The second kappa shape index (κ2) is 7.83. The molecule has 1 heterocycles. The van der Waals surface area contributed by atoms with Gasteiger partial charge in [-0.2, -0.15) is 0 Å². The van der Waals surface area contributed by atoms with Gasteiger partial charge < -0.3 is 0 Å². The number of allylic oxidation sites excluding steroid dienone is 3. The van der Waals surface area contributed by atoms with Crippen molar-refractivity contribution >= 4 is 53.9 Å². The zero-order chi connectivity index (χ0) is 23.6. The predicted molar refractivity (Wildman–Crippen MR) is 141 cm³/mol. The Kier molecular flexibility index (Phi) is 4.99. The van der Waals surface area contributed by atoms with Crippen molar-refractivity contribution in [3.05, 3.63) is 101 Å². The summed E-state index contributed by atoms with van der Waals surface area (Å²) in [5.41, 5.74) is 8.93. The van der Waals surface area contributed by atoms with E-state index in [2.05, 4.69) is 77.3 Å². The number of H-pyrrole nitrogens is 1. The summed E-state index contributed by atoms with van der Waals surface area (Å²) in [5.74, 6) is 0.379. The number of aromatic nitrogens is 1. The van der Waals surface area contributed by atoms with Gasteiger partial charge in [-0.25, -0.2) is 0 Å². The van der Waals surface area contributed by atoms with E-state index in [0.717, 1.165) is 65.3 Å². The van der Waals surface area contributed by atoms with Crippen molar-refractivity contribution in [1.82, 2.24) is 10.3 Å². The number of para-hydroxylation sites is 1. The zero-order valence-corrected chi connectivity index (χ0v) is 23.2. The Bertz CT molecular complexity index is 1530. The van der Waals surface area contributed by atoms with Crippen molar-refractivity contribution in [3.63, 3.8) is 0 Å². The molecule has 3 N–H and O–H groups in total. The van der Waals surface area contributed by atoms with Crippen molar-refractivity contribution in [1.29, 1.82) is 0 Å². The average molecular weight is 640 g/mol. The van der Waals surface area contributed by atoms with Gasteiger partial charge in [-0.1, -0.05) is 0 Å². The van der Waals surface area contributed by atoms with Crippen LogP contribution in [0.3, 0.4) is 0 Å². The quantitative estimate of drug-likeness (QED) is 0.155. The number of aromatic amines is 1. The Hall–Kier alpha value is -2.87. The summed E-state index contributed by atoms with van der Waals surface area (Å²) in [7, 11) is 1.77. The van der Waals surface area contributed by atoms with Gasteiger partial charge >= 0.3 is 216 Å². The monoisotopic (exact) mass is 640 g/mol. The van der Waals surface area contributed by atoms with Crippen LogP contribution in [0.4, 0.5) is 0 Å². The molecule has 0 fully saturated rings. The molecule has 167 valence electrons. The van der Waals surface area contributed by atoms with Crippen molar-refractivity contribution in [2.24, 2.45) is 4.99 Å². The van der Waals surface area contributed by atoms with E-state index in [1.54, 1.807) is 13.4 Å². The summed E-state index contributed by atoms with van der Waals surface area (Å²) in [6.45, 7) is 6.32. The molecule has 4 aromatic rings. The van der Waals surface area contributed by atoms with E-state index in [9.17, 15) is 5.11 Å². The molecule has 0 spiro atoms. The molecule has 2 aliphatic carbocycles. The maximum atomic E-state index is 11.8. The van der Waals surface area contributed by atoms with Crippen LogP contribution in [0.5, 0.6) is 5.75 Å². The molecule has 6 rings (SSSR count). The summed E-state index contributed by atoms with van der Waals surface area (Å²) < 4.78 is 0.354. The van der Waals surface area contributed by atoms with Crippen molar-refractivity contribution in [3.8, 4) is 5.75 Å². The molecule has 5 heteroatoms. The molecular formula is C29H26N3OPb. The molecule has 4 nitrogen and oxygen atoms in total. The molecule has 0 amide bonds. The van der Waals surface area contributed by atoms with Gasteiger partial charge in [-0.3, -0.25) is 0 Å². The van der Waals surface area contributed by atoms with Crippen molar-refractivity contribution in [2.45, 2.75) is 28.2 Å². The molecular weight excluding hydrogens is 614 g/mol. The van der Waals surface area contributed by atoms with Crippen LogP contribution >= 0.6 is 0 Å². The Morgan fingerprint density at radius 3 is 2.68 bits per heavy atom. The molecule has 1 aromatic heterocycles. The van der Waals surface area contributed by atoms with Gasteiger partial charge in [0.1, 0.15) is 0 Å². The van der Waals surface area contributed by atoms with Gasteiger partial charge in [0.25, 0.3) is 0 Å². The van der Waals surface area contributed by atoms with Crippen LogP contribution in [0.15, 0.2) is 83.5 Å². The van der Waals surface area contributed by atoms with Crippen LogP contribution in [0, 0.1) is 6.92 Å². The van der Waals surface area contributed by atoms with Crippen molar-refractivity contribution < 1.29 is 5.11 Å². The molecule has 3 radical (unpaired) electrons. The second-order valence-corrected chi connectivity index (χ2v) is 11.7. The van der Waals surface area contributed by atoms with Crippen LogP contribution in [-0.2, 0) is 11.8 Å². The fourth-order valence-electron chi connectivity index (χ4n) is 6.28. The number of rotatable bonds is 4. The van der Waals surface area contributed by atoms with Crippen LogP contribution in [-0.4, -0.2) is 49.2 Å². The zero-order valence-electron chi connectivity index (χ0n) is 19.3. The Balaban J connectivity index is 1.67. The van der Waals surface area contributed by atoms with Crippen LogP contribution in [0.1, 0.15) is 28.2 Å². The molecule has 3 atom stereocenters. The number of nitrogens with one attached hydrogen (secondary N) is 2. The van der Waals surface area contributed by atoms with Crippen LogP contribution in [0.2, 0.25) is 3.48 Å². The van der Waals surface area contributed by atoms with Crippen molar-refractivity contribution in [2.75, 3.05) is 7.05 Å². The second-order valence-electron chi connectivity index (χ2n) is 9.45. The van der Waals surface area contributed by atoms with E-state index in [4.69, 9.17) is 0 Å². The number of aliphatic imine (C=N–C) groups is 1. The first-order chi connectivity index (χ1) is 16.5. The third kappa shape index (κ3) is 2.78. The van der Waals surface area contributed by atoms with Crippen LogP contribution in [0.25, 0.3) is 21.8 Å². The number of aromatic hydroxyl groups is 1. The average Bonchev–Trinajstić information content (AvgIpc) is 3.46. The number of benzene rings is 3. The van der Waals surface area contributed by atoms with E-state index in [-0.39, 0.29) is 11.3 Å². The Morgan fingerprint density at radius 2 is 1.94 bits per heavy atom. The first-order valence-corrected chi connectivity index (χ1v) is 13.8. The first kappa shape index (κ1) is 21.7. The molecule has 0 bridgehead atoms. The Morgan fingerprint density at radius 1 is 1.18 bits per heavy atom. The summed E-state index contributed by atoms with van der Waals surface area (Å²) >= 11 is 0.975. The number of aryl methyl sites for hydroxylation is 1. The number of hydrogen-bond donors (Lipinski definition) is 3. The summed E-state index contributed by atoms with van der Waals surface area (Å²) in [6, 6.07) is 19.6. The fraction of sp³-hybridized carbons (Fsp3) is 0.207. The third-order valence-corrected chi connectivity index (χ3v) is 11.0. The van der Waals surface area contributed by atoms with E-state index in [1.165, 1.54) is 22.3 Å². The van der Waals surface area contributed by atoms with Gasteiger partial charge in [0.2, 0.25) is 0 Å². The maximum absolute atomic E-state index is 11.8. The molecule has 0 saturated heterocycles. The number of hydrogen-bond acceptors (Lipinski definition) is 2. The standard InChI is InChI=1S/C29H26N3O.Pb/c1-4-18-14-29(20-11-9-17(2)10-12-20)15-19-13-22-21-7-5-6-8-23(21)32-27(22)28(33)24(19)25(29)26(18)31-16-30-3;/h4-14,16,25,32-33H,1,15H2,2-3H3,(H,30,31);. The summed E-state index contributed by atoms with van der Waals surface area (Å²) in [5, 5.41) is 17.5. The SMILES string of the molecule is C=CC1=C(NC=NC)C2c3c(cc4c([nH]c5ccccc54)c3O)CC2(c2ccc(C)cc2)[CH]1[Pb]. The molecule has 2 aliphatic rings. The number of fused-ring (bicyclic) bond motifs is 6. The van der Waals surface area contributed by atoms with E-state index in [0.29, 0.717) is 9.23 Å². The fourth-order valence-corrected chi connectivity index (χ4v) is 9.04. The molecule has 3 aromatic carbocycles. The molecule has 3 unspecified atom stereocenters. The summed E-state index contributed by atoms with van der Waals surface area (Å²) in [4.78, 5) is 7.70. The van der Waals surface area contributed by atoms with Crippen LogP contribution < -0.4 is 5.32 Å². The molecule has 0 aliphatic heterocycles. The van der Waals surface area contributed by atoms with Gasteiger partial charge in [-0.15, -0.1) is 0 Å². The first-order valence-electron chi connectivity index (χ1n) is 11.6. The number of phenolic OH excluding ortho intramolecular Hbond substituents is 1. The van der Waals surface area contributed by atoms with Gasteiger partial charge in [0.05, 0.1) is 0 Å². The van der Waals surface area contributed by atoms with Gasteiger partial charge in [0, 0.05) is 0 Å². The minimum absolute atomic E-state index is 0.00881. The molecule has 0 saturated carbocycles. The molecule has 34 heavy (non-hydrogen) atoms. The van der Waals surface area contributed by atoms with E-state index < -0.39 is 0 Å². The normalized spacial score (nSPS) is 23.7.